The first-order valence-electron chi connectivity index (χ1n) is 23.7. The maximum Gasteiger partial charge on any atom is 0.335 e. The standard InChI is InChI=1S/C57H59N5O5/c1-10-13-24-60-43-19-17-16-18-40(43)55(4,5)46(60)29-37-49(36(32-58)33-59)38(51(37)63)30-47-56(6,7)41-27-34(20-22-44(41)61(47)25-14-11-2)50-52(64)39(53(50)65)31-48-57(8,9)42-28-35(54(66)67)21-23-45(42)62(48)26-15-12-3/h16-23,27-31H,10-15,24-26H2,1-9H3,(H-2,63,64,65,66,67). The minimum atomic E-state index is -1.02. The van der Waals surface area contributed by atoms with E-state index in [0.717, 1.165) is 95.9 Å². The van der Waals surface area contributed by atoms with Crippen LogP contribution in [0.5, 0.6) is 0 Å². The zero-order valence-electron chi connectivity index (χ0n) is 40.2. The first-order valence-corrected chi connectivity index (χ1v) is 23.7. The highest BCUT2D eigenvalue weighted by atomic mass is 16.4. The van der Waals surface area contributed by atoms with Crippen molar-refractivity contribution >= 4 is 45.8 Å². The van der Waals surface area contributed by atoms with Gasteiger partial charge in [0.2, 0.25) is 11.4 Å². The third kappa shape index (κ3) is 7.29. The SMILES string of the molecule is CCCCN1/C(=C/C2=C([O-])C(=C\C3=[N+](CCCC)c4ccc(C5=C([O-])/C(=C/C6=[N+](CCCC)c7ccc(C(=O)O)cc7C6(C)C)C5=O)cc4C3(C)C)/C2=C(C#N)C#N)C(C)(C)c2ccccc21. The second-order valence-electron chi connectivity index (χ2n) is 19.8. The highest BCUT2D eigenvalue weighted by molar-refractivity contribution is 6.40. The maximum absolute atomic E-state index is 14.6. The third-order valence-electron chi connectivity index (χ3n) is 14.6. The van der Waals surface area contributed by atoms with Gasteiger partial charge in [0.1, 0.15) is 30.8 Å². The highest BCUT2D eigenvalue weighted by Gasteiger charge is 2.49. The number of fused-ring (bicyclic) bond motifs is 3. The molecule has 10 heteroatoms. The maximum atomic E-state index is 14.6. The average Bonchev–Trinajstić information content (AvgIpc) is 3.76. The molecule has 0 aromatic heterocycles. The molecular formula is C57H59N5O5. The molecule has 342 valence electrons. The molecule has 67 heavy (non-hydrogen) atoms. The number of ketones is 1. The van der Waals surface area contributed by atoms with Gasteiger partial charge in [0, 0.05) is 88.3 Å². The number of hydrogen-bond donors (Lipinski definition) is 1. The number of nitrogens with zero attached hydrogens (tertiary/aromatic N) is 5. The van der Waals surface area contributed by atoms with Crippen molar-refractivity contribution in [3.05, 3.63) is 152 Å². The van der Waals surface area contributed by atoms with E-state index in [0.29, 0.717) is 35.4 Å². The van der Waals surface area contributed by atoms with Crippen molar-refractivity contribution in [2.75, 3.05) is 24.5 Å². The number of aromatic carboxylic acids is 1. The summed E-state index contributed by atoms with van der Waals surface area (Å²) >= 11 is 0. The Morgan fingerprint density at radius 1 is 0.716 bits per heavy atom. The molecule has 2 aliphatic carbocycles. The normalized spacial score (nSPS) is 20.3. The van der Waals surface area contributed by atoms with Crippen LogP contribution in [0, 0.1) is 22.7 Å². The smallest absolute Gasteiger partial charge is 0.335 e. The van der Waals surface area contributed by atoms with E-state index in [1.165, 1.54) is 0 Å². The van der Waals surface area contributed by atoms with Crippen LogP contribution < -0.4 is 15.1 Å². The van der Waals surface area contributed by atoms with Gasteiger partial charge in [0.25, 0.3) is 0 Å². The third-order valence-corrected chi connectivity index (χ3v) is 14.6. The average molecular weight is 894 g/mol. The van der Waals surface area contributed by atoms with Crippen LogP contribution in [0.1, 0.15) is 133 Å². The minimum Gasteiger partial charge on any atom is -0.872 e. The van der Waals surface area contributed by atoms with Crippen molar-refractivity contribution < 1.29 is 34.1 Å². The summed E-state index contributed by atoms with van der Waals surface area (Å²) < 4.78 is 4.30. The molecule has 3 heterocycles. The van der Waals surface area contributed by atoms with E-state index in [2.05, 4.69) is 86.8 Å². The summed E-state index contributed by atoms with van der Waals surface area (Å²) in [7, 11) is 0. The molecule has 0 unspecified atom stereocenters. The van der Waals surface area contributed by atoms with Gasteiger partial charge in [-0.1, -0.05) is 83.6 Å². The molecule has 0 amide bonds. The molecule has 3 aliphatic heterocycles. The number of Topliss-reactive ketones (excluding diaryl/α,β-unsaturated/α-hetero) is 1. The Kier molecular flexibility index (Phi) is 12.0. The Hall–Kier alpha value is -7.04. The van der Waals surface area contributed by atoms with E-state index in [1.54, 1.807) is 18.2 Å². The van der Waals surface area contributed by atoms with Gasteiger partial charge < -0.3 is 20.2 Å². The lowest BCUT2D eigenvalue weighted by Crippen LogP contribution is -2.34. The molecule has 0 fully saturated rings. The van der Waals surface area contributed by atoms with Gasteiger partial charge in [-0.3, -0.25) is 4.79 Å². The van der Waals surface area contributed by atoms with Gasteiger partial charge in [-0.05, 0) is 92.8 Å². The number of anilines is 1. The van der Waals surface area contributed by atoms with Crippen molar-refractivity contribution in [3.8, 4) is 12.1 Å². The first-order chi connectivity index (χ1) is 31.9. The Morgan fingerprint density at radius 3 is 1.85 bits per heavy atom. The van der Waals surface area contributed by atoms with Crippen LogP contribution in [-0.4, -0.2) is 57.1 Å². The van der Waals surface area contributed by atoms with Crippen LogP contribution in [0.25, 0.3) is 5.57 Å². The van der Waals surface area contributed by atoms with Crippen LogP contribution in [0.3, 0.4) is 0 Å². The van der Waals surface area contributed by atoms with Crippen LogP contribution in [0.4, 0.5) is 17.1 Å². The monoisotopic (exact) mass is 893 g/mol. The molecule has 0 saturated heterocycles. The Morgan fingerprint density at radius 2 is 1.28 bits per heavy atom. The van der Waals surface area contributed by atoms with Crippen molar-refractivity contribution in [3.63, 3.8) is 0 Å². The topological polar surface area (TPSA) is 157 Å². The van der Waals surface area contributed by atoms with Crippen LogP contribution in [0.2, 0.25) is 0 Å². The van der Waals surface area contributed by atoms with Gasteiger partial charge >= 0.3 is 5.97 Å². The number of carboxylic acids is 1. The molecule has 0 spiro atoms. The summed E-state index contributed by atoms with van der Waals surface area (Å²) in [5.74, 6) is -1.93. The predicted molar refractivity (Wildman–Crippen MR) is 258 cm³/mol. The second-order valence-corrected chi connectivity index (χ2v) is 19.8. The fourth-order valence-corrected chi connectivity index (χ4v) is 10.7. The fourth-order valence-electron chi connectivity index (χ4n) is 10.7. The number of rotatable bonds is 14. The van der Waals surface area contributed by atoms with Crippen molar-refractivity contribution in [1.29, 1.82) is 10.5 Å². The van der Waals surface area contributed by atoms with E-state index in [-0.39, 0.29) is 39.6 Å². The summed E-state index contributed by atoms with van der Waals surface area (Å²) in [5, 5.41) is 59.1. The summed E-state index contributed by atoms with van der Waals surface area (Å²) in [6.45, 7) is 20.8. The molecule has 1 N–H and O–H groups in total. The molecule has 8 rings (SSSR count). The van der Waals surface area contributed by atoms with Gasteiger partial charge in [-0.25, -0.2) is 4.79 Å². The number of carboxylic acid groups (broad SMARTS) is 1. The molecule has 3 aromatic rings. The number of hydrogen-bond acceptors (Lipinski definition) is 7. The van der Waals surface area contributed by atoms with Crippen molar-refractivity contribution in [1.82, 2.24) is 0 Å². The lowest BCUT2D eigenvalue weighted by Gasteiger charge is -2.36. The molecule has 10 nitrogen and oxygen atoms in total. The van der Waals surface area contributed by atoms with Crippen LogP contribution in [-0.2, 0) is 21.0 Å². The molecule has 5 aliphatic rings. The molecular weight excluding hydrogens is 835 g/mol. The van der Waals surface area contributed by atoms with Crippen LogP contribution >= 0.6 is 0 Å². The van der Waals surface area contributed by atoms with E-state index in [4.69, 9.17) is 0 Å². The largest absolute Gasteiger partial charge is 0.872 e. The summed E-state index contributed by atoms with van der Waals surface area (Å²) in [5.41, 5.74) is 8.30. The lowest BCUT2D eigenvalue weighted by molar-refractivity contribution is -0.438. The first kappa shape index (κ1) is 46.5. The predicted octanol–water partition coefficient (Wildman–Crippen LogP) is 9.40. The number of nitriles is 2. The minimum absolute atomic E-state index is 0.0983. The Labute approximate surface area is 394 Å². The summed E-state index contributed by atoms with van der Waals surface area (Å²) in [6, 6.07) is 23.2. The number of benzene rings is 3. The number of carbonyl (C=O) groups is 2. The van der Waals surface area contributed by atoms with E-state index in [9.17, 15) is 35.4 Å². The number of allylic oxidation sites excluding steroid dienone is 9. The fraction of sp³-hybridized carbons (Fsp3) is 0.368. The Balaban J connectivity index is 1.19. The van der Waals surface area contributed by atoms with Gasteiger partial charge in [-0.2, -0.15) is 19.7 Å². The molecule has 0 saturated carbocycles. The van der Waals surface area contributed by atoms with E-state index in [1.807, 2.05) is 62.4 Å². The summed E-state index contributed by atoms with van der Waals surface area (Å²) in [6.07, 6.45) is 11.0. The van der Waals surface area contributed by atoms with Gasteiger partial charge in [0.15, 0.2) is 17.2 Å². The highest BCUT2D eigenvalue weighted by Crippen LogP contribution is 2.52. The molecule has 0 radical (unpaired) electrons. The van der Waals surface area contributed by atoms with Gasteiger partial charge in [-0.15, -0.1) is 0 Å². The van der Waals surface area contributed by atoms with E-state index >= 15 is 0 Å². The van der Waals surface area contributed by atoms with Gasteiger partial charge in [0.05, 0.1) is 16.4 Å². The second kappa shape index (κ2) is 17.3. The molecule has 0 bridgehead atoms. The quantitative estimate of drug-likeness (QED) is 0.0953. The summed E-state index contributed by atoms with van der Waals surface area (Å²) in [4.78, 5) is 28.4. The Bertz CT molecular complexity index is 3020. The van der Waals surface area contributed by atoms with Crippen molar-refractivity contribution in [2.45, 2.75) is 117 Å². The van der Waals surface area contributed by atoms with E-state index < -0.39 is 22.2 Å². The molecule has 0 atom stereocenters. The number of unbranched alkanes of at least 4 members (excludes halogenated alkanes) is 3. The zero-order chi connectivity index (χ0) is 48.3. The van der Waals surface area contributed by atoms with Crippen LogP contribution in [0.15, 0.2) is 124 Å². The lowest BCUT2D eigenvalue weighted by atomic mass is 9.74. The zero-order valence-corrected chi connectivity index (χ0v) is 40.2. The van der Waals surface area contributed by atoms with Crippen molar-refractivity contribution in [2.24, 2.45) is 0 Å². The molecule has 3 aromatic carbocycles. The number of para-hydroxylation sites is 1. The number of carbonyl (C=O) groups excluding carboxylic acids is 1.